The maximum absolute atomic E-state index is 11.8. The molecule has 1 aliphatic rings. The molecule has 0 saturated heterocycles. The molecule has 1 aliphatic carbocycles. The molecule has 3 unspecified atom stereocenters. The van der Waals surface area contributed by atoms with Gasteiger partial charge in [-0.25, -0.2) is 0 Å². The molecule has 0 aromatic carbocycles. The van der Waals surface area contributed by atoms with Crippen LogP contribution in [0.4, 0.5) is 0 Å². The number of nitrogens with one attached hydrogen (secondary N) is 1. The predicted octanol–water partition coefficient (Wildman–Crippen LogP) is 1.47. The van der Waals surface area contributed by atoms with Crippen LogP contribution in [0.25, 0.3) is 0 Å². The third-order valence-corrected chi connectivity index (χ3v) is 3.15. The molecule has 0 radical (unpaired) electrons. The summed E-state index contributed by atoms with van der Waals surface area (Å²) < 4.78 is 5.24. The molecule has 1 fully saturated rings. The molecule has 0 aliphatic heterocycles. The van der Waals surface area contributed by atoms with Gasteiger partial charge in [0.15, 0.2) is 0 Å². The number of hydrogen-bond acceptors (Lipinski definition) is 3. The van der Waals surface area contributed by atoms with E-state index in [0.717, 1.165) is 19.3 Å². The van der Waals surface area contributed by atoms with Crippen LogP contribution in [0.2, 0.25) is 0 Å². The van der Waals surface area contributed by atoms with Gasteiger partial charge in [0.05, 0.1) is 12.2 Å². The highest BCUT2D eigenvalue weighted by Crippen LogP contribution is 2.22. The fourth-order valence-corrected chi connectivity index (χ4v) is 2.09. The Balaban J connectivity index is 2.43. The normalized spacial score (nSPS) is 26.4. The summed E-state index contributed by atoms with van der Waals surface area (Å²) in [6.07, 6.45) is 3.05. The number of rotatable bonds is 4. The summed E-state index contributed by atoms with van der Waals surface area (Å²) in [5.41, 5.74) is 0. The van der Waals surface area contributed by atoms with E-state index in [1.165, 1.54) is 0 Å². The smallest absolute Gasteiger partial charge is 0.237 e. The van der Waals surface area contributed by atoms with E-state index in [0.29, 0.717) is 0 Å². The summed E-state index contributed by atoms with van der Waals surface area (Å²) in [4.78, 5) is 11.8. The van der Waals surface area contributed by atoms with E-state index in [1.54, 1.807) is 7.11 Å². The van der Waals surface area contributed by atoms with E-state index in [2.05, 4.69) is 11.4 Å². The van der Waals surface area contributed by atoms with Crippen molar-refractivity contribution in [1.82, 2.24) is 5.32 Å². The summed E-state index contributed by atoms with van der Waals surface area (Å²) >= 11 is 0. The molecule has 90 valence electrons. The van der Waals surface area contributed by atoms with Crippen LogP contribution >= 0.6 is 0 Å². The lowest BCUT2D eigenvalue weighted by molar-refractivity contribution is -0.125. The van der Waals surface area contributed by atoms with Crippen molar-refractivity contribution in [3.63, 3.8) is 0 Å². The van der Waals surface area contributed by atoms with Crippen molar-refractivity contribution in [2.24, 2.45) is 11.8 Å². The Morgan fingerprint density at radius 1 is 1.50 bits per heavy atom. The molecular formula is C12H20N2O2. The Morgan fingerprint density at radius 2 is 2.19 bits per heavy atom. The lowest BCUT2D eigenvalue weighted by Gasteiger charge is -2.17. The molecule has 4 heteroatoms. The molecule has 1 rings (SSSR count). The Hall–Kier alpha value is -1.08. The van der Waals surface area contributed by atoms with Gasteiger partial charge < -0.3 is 10.1 Å². The molecule has 0 bridgehead atoms. The van der Waals surface area contributed by atoms with Gasteiger partial charge in [-0.15, -0.1) is 0 Å². The van der Waals surface area contributed by atoms with Gasteiger partial charge in [0.25, 0.3) is 0 Å². The second-order valence-electron chi connectivity index (χ2n) is 4.73. The minimum atomic E-state index is -0.540. The maximum Gasteiger partial charge on any atom is 0.237 e. The van der Waals surface area contributed by atoms with Crippen LogP contribution in [0.15, 0.2) is 0 Å². The second kappa shape index (κ2) is 5.86. The van der Waals surface area contributed by atoms with Gasteiger partial charge in [-0.05, 0) is 25.2 Å². The maximum atomic E-state index is 11.8. The molecule has 0 aromatic rings. The molecule has 1 saturated carbocycles. The highest BCUT2D eigenvalue weighted by Gasteiger charge is 2.29. The minimum absolute atomic E-state index is 0.0598. The average Bonchev–Trinajstić information content (AvgIpc) is 2.65. The van der Waals surface area contributed by atoms with Gasteiger partial charge >= 0.3 is 0 Å². The fraction of sp³-hybridized carbons (Fsp3) is 0.833. The molecule has 0 aromatic heterocycles. The number of carbonyl (C=O) groups excluding carboxylic acids is 1. The summed E-state index contributed by atoms with van der Waals surface area (Å²) in [7, 11) is 1.70. The first-order chi connectivity index (χ1) is 7.58. The van der Waals surface area contributed by atoms with Crippen molar-refractivity contribution < 1.29 is 9.53 Å². The summed E-state index contributed by atoms with van der Waals surface area (Å²) in [6, 6.07) is 2.23. The first-order valence-electron chi connectivity index (χ1n) is 5.81. The fourth-order valence-electron chi connectivity index (χ4n) is 2.09. The standard InChI is InChI=1S/C12H20N2O2/c1-8(2)11(7-13)12(15)14-9-4-5-10(6-9)16-3/h8-11H,4-6H2,1-3H3,(H,14,15). The predicted molar refractivity (Wildman–Crippen MR) is 60.5 cm³/mol. The molecule has 0 spiro atoms. The number of methoxy groups -OCH3 is 1. The van der Waals surface area contributed by atoms with E-state index in [9.17, 15) is 4.79 Å². The summed E-state index contributed by atoms with van der Waals surface area (Å²) in [6.45, 7) is 3.78. The van der Waals surface area contributed by atoms with Crippen molar-refractivity contribution in [1.29, 1.82) is 5.26 Å². The van der Waals surface area contributed by atoms with Crippen LogP contribution in [0, 0.1) is 23.2 Å². The molecule has 0 heterocycles. The van der Waals surface area contributed by atoms with Crippen molar-refractivity contribution in [3.05, 3.63) is 0 Å². The van der Waals surface area contributed by atoms with Gasteiger partial charge in [0.1, 0.15) is 5.92 Å². The quantitative estimate of drug-likeness (QED) is 0.786. The van der Waals surface area contributed by atoms with Crippen molar-refractivity contribution in [3.8, 4) is 6.07 Å². The molecule has 3 atom stereocenters. The Labute approximate surface area is 97.0 Å². The zero-order valence-electron chi connectivity index (χ0n) is 10.2. The number of carbonyl (C=O) groups is 1. The molecule has 1 N–H and O–H groups in total. The SMILES string of the molecule is COC1CCC(NC(=O)C(C#N)C(C)C)C1. The first-order valence-corrected chi connectivity index (χ1v) is 5.81. The molecule has 4 nitrogen and oxygen atoms in total. The van der Waals surface area contributed by atoms with Crippen LogP contribution in [0.3, 0.4) is 0 Å². The largest absolute Gasteiger partial charge is 0.381 e. The number of nitriles is 1. The topological polar surface area (TPSA) is 62.1 Å². The lowest BCUT2D eigenvalue weighted by atomic mass is 9.96. The number of ether oxygens (including phenoxy) is 1. The third kappa shape index (κ3) is 3.21. The van der Waals surface area contributed by atoms with Crippen LogP contribution in [-0.2, 0) is 9.53 Å². The zero-order valence-corrected chi connectivity index (χ0v) is 10.2. The molecule has 1 amide bonds. The van der Waals surface area contributed by atoms with Gasteiger partial charge in [0.2, 0.25) is 5.91 Å². The van der Waals surface area contributed by atoms with E-state index < -0.39 is 5.92 Å². The second-order valence-corrected chi connectivity index (χ2v) is 4.73. The van der Waals surface area contributed by atoms with E-state index in [4.69, 9.17) is 10.00 Å². The zero-order chi connectivity index (χ0) is 12.1. The number of amides is 1. The van der Waals surface area contributed by atoms with Gasteiger partial charge in [-0.1, -0.05) is 13.8 Å². The van der Waals surface area contributed by atoms with E-state index in [-0.39, 0.29) is 24.0 Å². The van der Waals surface area contributed by atoms with Crippen LogP contribution < -0.4 is 5.32 Å². The Morgan fingerprint density at radius 3 is 2.62 bits per heavy atom. The molecule has 16 heavy (non-hydrogen) atoms. The Bertz CT molecular complexity index is 283. The summed E-state index contributed by atoms with van der Waals surface area (Å²) in [5.74, 6) is -0.620. The van der Waals surface area contributed by atoms with Gasteiger partial charge in [0, 0.05) is 13.2 Å². The van der Waals surface area contributed by atoms with Gasteiger partial charge in [-0.3, -0.25) is 4.79 Å². The van der Waals surface area contributed by atoms with E-state index in [1.807, 2.05) is 13.8 Å². The number of hydrogen-bond donors (Lipinski definition) is 1. The van der Waals surface area contributed by atoms with Crippen LogP contribution in [-0.4, -0.2) is 25.2 Å². The lowest BCUT2D eigenvalue weighted by Crippen LogP contribution is -2.39. The van der Waals surface area contributed by atoms with Crippen molar-refractivity contribution in [2.75, 3.05) is 7.11 Å². The highest BCUT2D eigenvalue weighted by molar-refractivity contribution is 5.81. The highest BCUT2D eigenvalue weighted by atomic mass is 16.5. The first kappa shape index (κ1) is 13.0. The Kier molecular flexibility index (Phi) is 4.75. The minimum Gasteiger partial charge on any atom is -0.381 e. The van der Waals surface area contributed by atoms with Crippen LogP contribution in [0.5, 0.6) is 0 Å². The molecular weight excluding hydrogens is 204 g/mol. The van der Waals surface area contributed by atoms with Crippen LogP contribution in [0.1, 0.15) is 33.1 Å². The number of nitrogens with zero attached hydrogens (tertiary/aromatic N) is 1. The summed E-state index contributed by atoms with van der Waals surface area (Å²) in [5, 5.41) is 11.8. The monoisotopic (exact) mass is 224 g/mol. The van der Waals surface area contributed by atoms with Crippen molar-refractivity contribution >= 4 is 5.91 Å². The van der Waals surface area contributed by atoms with Gasteiger partial charge in [-0.2, -0.15) is 5.26 Å². The van der Waals surface area contributed by atoms with Crippen molar-refractivity contribution in [2.45, 2.75) is 45.3 Å². The third-order valence-electron chi connectivity index (χ3n) is 3.15. The van der Waals surface area contributed by atoms with E-state index >= 15 is 0 Å². The average molecular weight is 224 g/mol.